The van der Waals surface area contributed by atoms with Crippen molar-refractivity contribution < 1.29 is 0 Å². The normalized spacial score (nSPS) is 10.6. The van der Waals surface area contributed by atoms with Crippen LogP contribution < -0.4 is 0 Å². The number of hydrogen-bond donors (Lipinski definition) is 0. The molecule has 0 radical (unpaired) electrons. The average Bonchev–Trinajstić information content (AvgIpc) is 2.86. The Hall–Kier alpha value is -4.66. The Morgan fingerprint density at radius 2 is 0.812 bits per heavy atom. The number of aromatic nitrogens is 2. The molecule has 0 saturated heterocycles. The quantitative estimate of drug-likeness (QED) is 0.223. The molecule has 6 aromatic rings. The van der Waals surface area contributed by atoms with Crippen LogP contribution in [0.5, 0.6) is 0 Å². The second-order valence-corrected chi connectivity index (χ2v) is 7.62. The third-order valence-corrected chi connectivity index (χ3v) is 5.71. The fraction of sp³-hybridized carbons (Fsp3) is 0. The predicted octanol–water partition coefficient (Wildman–Crippen LogP) is 6.17. The van der Waals surface area contributed by atoms with Crippen LogP contribution in [0.25, 0.3) is 32.3 Å². The summed E-state index contributed by atoms with van der Waals surface area (Å²) in [5.41, 5.74) is 3.97. The third kappa shape index (κ3) is 3.12. The zero-order valence-electron chi connectivity index (χ0n) is 17.1. The Balaban J connectivity index is 1.57. The molecule has 0 aliphatic carbocycles. The molecule has 146 valence electrons. The van der Waals surface area contributed by atoms with Crippen molar-refractivity contribution in [3.8, 4) is 23.7 Å². The molecule has 0 unspecified atom stereocenters. The van der Waals surface area contributed by atoms with E-state index in [9.17, 15) is 0 Å². The van der Waals surface area contributed by atoms with Gasteiger partial charge in [0.05, 0.1) is 0 Å². The number of hydrogen-bond acceptors (Lipinski definition) is 2. The van der Waals surface area contributed by atoms with Gasteiger partial charge in [0, 0.05) is 47.0 Å². The molecule has 0 N–H and O–H groups in total. The molecule has 0 spiro atoms. The lowest BCUT2D eigenvalue weighted by atomic mass is 9.90. The summed E-state index contributed by atoms with van der Waals surface area (Å²) in [5, 5.41) is 7.25. The fourth-order valence-electron chi connectivity index (χ4n) is 4.17. The minimum Gasteiger partial charge on any atom is -0.265 e. The molecular weight excluding hydrogens is 388 g/mol. The molecule has 32 heavy (non-hydrogen) atoms. The van der Waals surface area contributed by atoms with E-state index in [1.165, 1.54) is 32.3 Å². The molecule has 2 aromatic heterocycles. The third-order valence-electron chi connectivity index (χ3n) is 5.71. The van der Waals surface area contributed by atoms with Crippen molar-refractivity contribution in [3.63, 3.8) is 0 Å². The first kappa shape index (κ1) is 18.1. The molecule has 4 aromatic carbocycles. The minimum atomic E-state index is 0.958. The van der Waals surface area contributed by atoms with Gasteiger partial charge in [0.15, 0.2) is 0 Å². The van der Waals surface area contributed by atoms with Crippen LogP contribution in [-0.2, 0) is 0 Å². The van der Waals surface area contributed by atoms with Crippen LogP contribution in [0.1, 0.15) is 22.3 Å². The lowest BCUT2D eigenvalue weighted by Crippen LogP contribution is -1.89. The van der Waals surface area contributed by atoms with Crippen molar-refractivity contribution >= 4 is 32.3 Å². The van der Waals surface area contributed by atoms with E-state index in [0.29, 0.717) is 0 Å². The topological polar surface area (TPSA) is 25.8 Å². The highest BCUT2D eigenvalue weighted by Crippen LogP contribution is 2.37. The van der Waals surface area contributed by atoms with Crippen molar-refractivity contribution in [3.05, 3.63) is 120 Å². The van der Waals surface area contributed by atoms with Crippen molar-refractivity contribution in [1.29, 1.82) is 0 Å². The van der Waals surface area contributed by atoms with Gasteiger partial charge in [0.2, 0.25) is 0 Å². The summed E-state index contributed by atoms with van der Waals surface area (Å²) < 4.78 is 0. The minimum absolute atomic E-state index is 0.958. The Labute approximate surface area is 185 Å². The van der Waals surface area contributed by atoms with E-state index in [0.717, 1.165) is 22.3 Å². The van der Waals surface area contributed by atoms with E-state index in [1.54, 1.807) is 24.8 Å². The standard InChI is InChI=1S/C30H16N2/c1(21-13-17-31-18-14-21)3-23-5-7-25-10-12-28-24(4-2-22-15-19-32-20-16-22)6-8-26-9-11-27(23)29(25)30(26)28/h5-20H. The highest BCUT2D eigenvalue weighted by molar-refractivity contribution is 6.24. The van der Waals surface area contributed by atoms with Crippen LogP contribution in [0.3, 0.4) is 0 Å². The molecular formula is C30H16N2. The summed E-state index contributed by atoms with van der Waals surface area (Å²) in [4.78, 5) is 8.13. The maximum atomic E-state index is 4.07. The lowest BCUT2D eigenvalue weighted by Gasteiger charge is -2.13. The maximum absolute atomic E-state index is 4.07. The van der Waals surface area contributed by atoms with E-state index in [1.807, 2.05) is 24.3 Å². The number of benzene rings is 4. The van der Waals surface area contributed by atoms with Gasteiger partial charge in [-0.1, -0.05) is 60.1 Å². The molecule has 0 aliphatic rings. The van der Waals surface area contributed by atoms with Crippen LogP contribution in [0.2, 0.25) is 0 Å². The summed E-state index contributed by atoms with van der Waals surface area (Å²) in [6, 6.07) is 25.0. The lowest BCUT2D eigenvalue weighted by molar-refractivity contribution is 1.32. The van der Waals surface area contributed by atoms with E-state index in [4.69, 9.17) is 0 Å². The van der Waals surface area contributed by atoms with Crippen molar-refractivity contribution in [1.82, 2.24) is 9.97 Å². The molecule has 0 saturated carbocycles. The van der Waals surface area contributed by atoms with Gasteiger partial charge in [-0.2, -0.15) is 0 Å². The largest absolute Gasteiger partial charge is 0.265 e. The molecule has 2 heterocycles. The van der Waals surface area contributed by atoms with Gasteiger partial charge in [-0.25, -0.2) is 0 Å². The van der Waals surface area contributed by atoms with Crippen molar-refractivity contribution in [2.75, 3.05) is 0 Å². The zero-order valence-corrected chi connectivity index (χ0v) is 17.1. The van der Waals surface area contributed by atoms with Crippen molar-refractivity contribution in [2.45, 2.75) is 0 Å². The predicted molar refractivity (Wildman–Crippen MR) is 131 cm³/mol. The van der Waals surface area contributed by atoms with Gasteiger partial charge in [-0.15, -0.1) is 0 Å². The highest BCUT2D eigenvalue weighted by atomic mass is 14.6. The van der Waals surface area contributed by atoms with Crippen LogP contribution in [-0.4, -0.2) is 9.97 Å². The molecule has 0 aliphatic heterocycles. The highest BCUT2D eigenvalue weighted by Gasteiger charge is 2.12. The summed E-state index contributed by atoms with van der Waals surface area (Å²) >= 11 is 0. The van der Waals surface area contributed by atoms with E-state index < -0.39 is 0 Å². The first-order valence-electron chi connectivity index (χ1n) is 10.4. The second-order valence-electron chi connectivity index (χ2n) is 7.62. The Bertz CT molecular complexity index is 1580. The van der Waals surface area contributed by atoms with Gasteiger partial charge in [-0.3, -0.25) is 9.97 Å². The summed E-state index contributed by atoms with van der Waals surface area (Å²) in [6.45, 7) is 0. The molecule has 0 atom stereocenters. The number of pyridine rings is 2. The zero-order chi connectivity index (χ0) is 21.3. The molecule has 2 heteroatoms. The first-order chi connectivity index (χ1) is 15.9. The molecule has 0 fully saturated rings. The smallest absolute Gasteiger partial charge is 0.0328 e. The summed E-state index contributed by atoms with van der Waals surface area (Å²) in [6.07, 6.45) is 7.07. The molecule has 0 bridgehead atoms. The first-order valence-corrected chi connectivity index (χ1v) is 10.4. The number of nitrogens with zero attached hydrogens (tertiary/aromatic N) is 2. The van der Waals surface area contributed by atoms with Gasteiger partial charge in [0.1, 0.15) is 0 Å². The Morgan fingerprint density at radius 3 is 1.25 bits per heavy atom. The van der Waals surface area contributed by atoms with Crippen LogP contribution >= 0.6 is 0 Å². The SMILES string of the molecule is C(#Cc1ccc2ccc3c(C#Cc4ccncc4)ccc4ccc1c2c43)c1ccncc1. The van der Waals surface area contributed by atoms with Gasteiger partial charge < -0.3 is 0 Å². The van der Waals surface area contributed by atoms with E-state index in [2.05, 4.69) is 82.2 Å². The maximum Gasteiger partial charge on any atom is 0.0328 e. The summed E-state index contributed by atoms with van der Waals surface area (Å²) in [7, 11) is 0. The van der Waals surface area contributed by atoms with Crippen molar-refractivity contribution in [2.24, 2.45) is 0 Å². The number of rotatable bonds is 0. The Morgan fingerprint density at radius 1 is 0.406 bits per heavy atom. The van der Waals surface area contributed by atoms with Gasteiger partial charge in [0.25, 0.3) is 0 Å². The van der Waals surface area contributed by atoms with Crippen LogP contribution in [0.15, 0.2) is 97.6 Å². The molecule has 0 amide bonds. The molecule has 6 rings (SSSR count). The monoisotopic (exact) mass is 404 g/mol. The van der Waals surface area contributed by atoms with E-state index in [-0.39, 0.29) is 0 Å². The Kier molecular flexibility index (Phi) is 4.28. The van der Waals surface area contributed by atoms with Gasteiger partial charge >= 0.3 is 0 Å². The fourth-order valence-corrected chi connectivity index (χ4v) is 4.17. The van der Waals surface area contributed by atoms with Gasteiger partial charge in [-0.05, 0) is 68.7 Å². The van der Waals surface area contributed by atoms with E-state index >= 15 is 0 Å². The summed E-state index contributed by atoms with van der Waals surface area (Å²) in [5.74, 6) is 13.3. The molecule has 2 nitrogen and oxygen atoms in total. The van der Waals surface area contributed by atoms with Crippen LogP contribution in [0, 0.1) is 23.7 Å². The average molecular weight is 404 g/mol. The van der Waals surface area contributed by atoms with Crippen LogP contribution in [0.4, 0.5) is 0 Å². The second kappa shape index (κ2) is 7.55.